The molecule has 2 aromatic heterocycles. The largest absolute Gasteiger partial charge is 0.462 e. The third-order valence-electron chi connectivity index (χ3n) is 3.73. The molecule has 0 spiro atoms. The standard InChI is InChI=1S/C14H15N5O2.C5H10O2/c15-8-11-7-10(1-6-17-11)14-18-13(19-21-14)9-20-12-2-4-16-5-3-12;1-5(2,3)7-4-6/h1,6-7,12,16H,2-5,9H2;4H,1-3H3. The molecule has 1 aliphatic heterocycles. The molecule has 0 bridgehead atoms. The fourth-order valence-electron chi connectivity index (χ4n) is 2.35. The number of ether oxygens (including phenoxy) is 2. The Bertz CT molecular complexity index is 788. The molecular formula is C19H25N5O4. The number of hydrogen-bond donors (Lipinski definition) is 1. The molecule has 3 rings (SSSR count). The first-order valence-corrected chi connectivity index (χ1v) is 9.04. The van der Waals surface area contributed by atoms with Crippen LogP contribution < -0.4 is 5.32 Å². The molecule has 1 aliphatic rings. The summed E-state index contributed by atoms with van der Waals surface area (Å²) in [6.45, 7) is 8.22. The summed E-state index contributed by atoms with van der Waals surface area (Å²) in [5.74, 6) is 0.886. The lowest BCUT2D eigenvalue weighted by Gasteiger charge is -2.22. The molecule has 28 heavy (non-hydrogen) atoms. The van der Waals surface area contributed by atoms with Crippen LogP contribution in [0.15, 0.2) is 22.9 Å². The van der Waals surface area contributed by atoms with Gasteiger partial charge in [-0.25, -0.2) is 4.98 Å². The SMILES string of the molecule is CC(C)(C)OC=O.N#Cc1cc(-c2nc(COC3CCNCC3)no2)ccn1. The average Bonchev–Trinajstić information content (AvgIpc) is 3.16. The third kappa shape index (κ3) is 7.42. The monoisotopic (exact) mass is 387 g/mol. The first-order valence-electron chi connectivity index (χ1n) is 9.04. The van der Waals surface area contributed by atoms with Crippen molar-refractivity contribution in [3.8, 4) is 17.5 Å². The van der Waals surface area contributed by atoms with Gasteiger partial charge in [-0.2, -0.15) is 10.2 Å². The van der Waals surface area contributed by atoms with Gasteiger partial charge < -0.3 is 19.3 Å². The van der Waals surface area contributed by atoms with Crippen molar-refractivity contribution >= 4 is 6.47 Å². The third-order valence-corrected chi connectivity index (χ3v) is 3.73. The summed E-state index contributed by atoms with van der Waals surface area (Å²) in [5, 5.41) is 16.0. The predicted molar refractivity (Wildman–Crippen MR) is 99.8 cm³/mol. The highest BCUT2D eigenvalue weighted by atomic mass is 16.5. The van der Waals surface area contributed by atoms with Crippen LogP contribution >= 0.6 is 0 Å². The smallest absolute Gasteiger partial charge is 0.293 e. The molecule has 0 atom stereocenters. The number of pyridine rings is 1. The molecule has 9 heteroatoms. The van der Waals surface area contributed by atoms with Crippen LogP contribution in [-0.4, -0.2) is 46.4 Å². The van der Waals surface area contributed by atoms with Gasteiger partial charge in [0.1, 0.15) is 24.0 Å². The second-order valence-electron chi connectivity index (χ2n) is 7.14. The Morgan fingerprint density at radius 2 is 2.14 bits per heavy atom. The molecule has 3 heterocycles. The maximum absolute atomic E-state index is 9.60. The Kier molecular flexibility index (Phi) is 8.04. The minimum Gasteiger partial charge on any atom is -0.462 e. The molecular weight excluding hydrogens is 362 g/mol. The van der Waals surface area contributed by atoms with E-state index in [0.717, 1.165) is 25.9 Å². The van der Waals surface area contributed by atoms with Crippen LogP contribution in [0.1, 0.15) is 45.1 Å². The van der Waals surface area contributed by atoms with Gasteiger partial charge in [-0.05, 0) is 58.8 Å². The molecule has 9 nitrogen and oxygen atoms in total. The van der Waals surface area contributed by atoms with Gasteiger partial charge >= 0.3 is 0 Å². The Hall–Kier alpha value is -2.83. The van der Waals surface area contributed by atoms with Gasteiger partial charge in [-0.3, -0.25) is 4.79 Å². The second kappa shape index (κ2) is 10.5. The summed E-state index contributed by atoms with van der Waals surface area (Å²) in [6.07, 6.45) is 3.80. The van der Waals surface area contributed by atoms with Gasteiger partial charge in [0, 0.05) is 11.8 Å². The van der Waals surface area contributed by atoms with Crippen molar-refractivity contribution in [3.05, 3.63) is 29.8 Å². The van der Waals surface area contributed by atoms with E-state index in [1.165, 1.54) is 0 Å². The summed E-state index contributed by atoms with van der Waals surface area (Å²) < 4.78 is 15.5. The van der Waals surface area contributed by atoms with Gasteiger partial charge in [0.2, 0.25) is 0 Å². The summed E-state index contributed by atoms with van der Waals surface area (Å²) >= 11 is 0. The average molecular weight is 387 g/mol. The highest BCUT2D eigenvalue weighted by Gasteiger charge is 2.15. The van der Waals surface area contributed by atoms with Crippen molar-refractivity contribution in [1.29, 1.82) is 5.26 Å². The van der Waals surface area contributed by atoms with Crippen molar-refractivity contribution in [2.75, 3.05) is 13.1 Å². The van der Waals surface area contributed by atoms with Crippen molar-refractivity contribution in [2.24, 2.45) is 0 Å². The number of hydrogen-bond acceptors (Lipinski definition) is 9. The van der Waals surface area contributed by atoms with Gasteiger partial charge in [0.25, 0.3) is 12.4 Å². The lowest BCUT2D eigenvalue weighted by Crippen LogP contribution is -2.32. The molecule has 0 unspecified atom stereocenters. The normalized spacial score (nSPS) is 14.5. The Morgan fingerprint density at radius 1 is 1.39 bits per heavy atom. The minimum absolute atomic E-state index is 0.249. The molecule has 2 aromatic rings. The minimum atomic E-state index is -0.318. The van der Waals surface area contributed by atoms with E-state index in [1.54, 1.807) is 18.3 Å². The zero-order valence-electron chi connectivity index (χ0n) is 16.3. The summed E-state index contributed by atoms with van der Waals surface area (Å²) in [6, 6.07) is 5.32. The Balaban J connectivity index is 0.000000345. The maximum Gasteiger partial charge on any atom is 0.293 e. The van der Waals surface area contributed by atoms with Crippen LogP contribution in [-0.2, 0) is 20.9 Å². The summed E-state index contributed by atoms with van der Waals surface area (Å²) in [4.78, 5) is 17.8. The number of nitrogens with one attached hydrogen (secondary N) is 1. The highest BCUT2D eigenvalue weighted by molar-refractivity contribution is 5.53. The van der Waals surface area contributed by atoms with Gasteiger partial charge in [-0.15, -0.1) is 0 Å². The molecule has 1 fully saturated rings. The number of carbonyl (C=O) groups excluding carboxylic acids is 1. The molecule has 0 amide bonds. The lowest BCUT2D eigenvalue weighted by molar-refractivity contribution is -0.138. The summed E-state index contributed by atoms with van der Waals surface area (Å²) in [5.41, 5.74) is 0.683. The quantitative estimate of drug-likeness (QED) is 0.769. The molecule has 1 saturated heterocycles. The van der Waals surface area contributed by atoms with Gasteiger partial charge in [0.15, 0.2) is 5.82 Å². The molecule has 0 aliphatic carbocycles. The molecule has 0 aromatic carbocycles. The van der Waals surface area contributed by atoms with Crippen LogP contribution in [0, 0.1) is 11.3 Å². The van der Waals surface area contributed by atoms with E-state index in [1.807, 2.05) is 26.8 Å². The van der Waals surface area contributed by atoms with Crippen LogP contribution in [0.3, 0.4) is 0 Å². The zero-order chi connectivity index (χ0) is 20.4. The number of aromatic nitrogens is 3. The highest BCUT2D eigenvalue weighted by Crippen LogP contribution is 2.18. The van der Waals surface area contributed by atoms with Crippen LogP contribution in [0.4, 0.5) is 0 Å². The maximum atomic E-state index is 9.60. The number of piperidine rings is 1. The molecule has 1 N–H and O–H groups in total. The van der Waals surface area contributed by atoms with Crippen LogP contribution in [0.5, 0.6) is 0 Å². The molecule has 150 valence electrons. The fraction of sp³-hybridized carbons (Fsp3) is 0.526. The number of carbonyl (C=O) groups is 1. The lowest BCUT2D eigenvalue weighted by atomic mass is 10.1. The predicted octanol–water partition coefficient (Wildman–Crippen LogP) is 2.23. The number of rotatable bonds is 5. The van der Waals surface area contributed by atoms with Crippen molar-refractivity contribution in [1.82, 2.24) is 20.4 Å². The fourth-order valence-corrected chi connectivity index (χ4v) is 2.35. The van der Waals surface area contributed by atoms with Crippen LogP contribution in [0.25, 0.3) is 11.5 Å². The zero-order valence-corrected chi connectivity index (χ0v) is 16.3. The van der Waals surface area contributed by atoms with E-state index in [2.05, 4.69) is 25.2 Å². The van der Waals surface area contributed by atoms with E-state index in [0.29, 0.717) is 36.1 Å². The van der Waals surface area contributed by atoms with E-state index in [9.17, 15) is 4.79 Å². The first kappa shape index (κ1) is 21.5. The van der Waals surface area contributed by atoms with Gasteiger partial charge in [-0.1, -0.05) is 5.16 Å². The molecule has 0 radical (unpaired) electrons. The topological polar surface area (TPSA) is 123 Å². The first-order chi connectivity index (χ1) is 13.4. The Labute approximate surface area is 164 Å². The van der Waals surface area contributed by atoms with Crippen molar-refractivity contribution < 1.29 is 18.8 Å². The number of nitrogens with zero attached hydrogens (tertiary/aromatic N) is 4. The van der Waals surface area contributed by atoms with E-state index < -0.39 is 0 Å². The van der Waals surface area contributed by atoms with Crippen molar-refractivity contribution in [2.45, 2.75) is 51.9 Å². The van der Waals surface area contributed by atoms with Crippen molar-refractivity contribution in [3.63, 3.8) is 0 Å². The van der Waals surface area contributed by atoms with E-state index >= 15 is 0 Å². The van der Waals surface area contributed by atoms with E-state index in [-0.39, 0.29) is 11.7 Å². The van der Waals surface area contributed by atoms with Crippen LogP contribution in [0.2, 0.25) is 0 Å². The van der Waals surface area contributed by atoms with Gasteiger partial charge in [0.05, 0.1) is 6.10 Å². The number of nitriles is 1. The Morgan fingerprint density at radius 3 is 2.75 bits per heavy atom. The summed E-state index contributed by atoms with van der Waals surface area (Å²) in [7, 11) is 0. The second-order valence-corrected chi connectivity index (χ2v) is 7.14. The molecule has 0 saturated carbocycles. The van der Waals surface area contributed by atoms with E-state index in [4.69, 9.17) is 14.5 Å².